The van der Waals surface area contributed by atoms with E-state index >= 15 is 0 Å². The molecule has 3 aliphatic rings. The molecule has 24 heavy (non-hydrogen) atoms. The number of fused-ring (bicyclic) bond motifs is 1. The third-order valence-electron chi connectivity index (χ3n) is 4.87. The van der Waals surface area contributed by atoms with Crippen molar-refractivity contribution in [1.82, 2.24) is 4.31 Å². The molecule has 1 spiro atoms. The van der Waals surface area contributed by atoms with E-state index in [9.17, 15) is 23.3 Å². The van der Waals surface area contributed by atoms with Crippen LogP contribution in [0.5, 0.6) is 0 Å². The van der Waals surface area contributed by atoms with E-state index in [1.165, 1.54) is 16.4 Å². The van der Waals surface area contributed by atoms with Crippen molar-refractivity contribution < 1.29 is 22.9 Å². The Morgan fingerprint density at radius 1 is 1.29 bits per heavy atom. The highest BCUT2D eigenvalue weighted by Gasteiger charge is 2.62. The maximum atomic E-state index is 13.1. The van der Waals surface area contributed by atoms with Gasteiger partial charge in [0.25, 0.3) is 5.69 Å². The van der Waals surface area contributed by atoms with Gasteiger partial charge in [0.1, 0.15) is 6.10 Å². The second-order valence-electron chi connectivity index (χ2n) is 6.14. The standard InChI is InChI=1S/C15H14N2O6S/c18-13-9-11-5-6-15(7-8-23-14(13)15)16(11)24(21,22)12-3-1-10(2-4-12)17(19)20/h1-6,11,14H,7-9H2/t11-,14+,15-/m1/s1. The molecule has 3 heterocycles. The maximum Gasteiger partial charge on any atom is 0.269 e. The van der Waals surface area contributed by atoms with Gasteiger partial charge in [-0.25, -0.2) is 8.42 Å². The molecule has 0 N–H and O–H groups in total. The summed E-state index contributed by atoms with van der Waals surface area (Å²) >= 11 is 0. The number of carbonyl (C=O) groups is 1. The number of rotatable bonds is 3. The predicted molar refractivity (Wildman–Crippen MR) is 81.8 cm³/mol. The van der Waals surface area contributed by atoms with E-state index in [1.54, 1.807) is 12.2 Å². The van der Waals surface area contributed by atoms with Gasteiger partial charge in [-0.1, -0.05) is 12.2 Å². The van der Waals surface area contributed by atoms with Crippen molar-refractivity contribution in [2.45, 2.75) is 35.4 Å². The molecule has 9 heteroatoms. The third kappa shape index (κ3) is 1.92. The van der Waals surface area contributed by atoms with Crippen molar-refractivity contribution in [3.05, 3.63) is 46.5 Å². The lowest BCUT2D eigenvalue weighted by Crippen LogP contribution is -2.62. The van der Waals surface area contributed by atoms with Gasteiger partial charge in [-0.15, -0.1) is 0 Å². The molecule has 3 atom stereocenters. The molecule has 0 unspecified atom stereocenters. The number of benzene rings is 1. The molecule has 8 nitrogen and oxygen atoms in total. The van der Waals surface area contributed by atoms with Gasteiger partial charge in [-0.05, 0) is 18.6 Å². The van der Waals surface area contributed by atoms with E-state index in [-0.39, 0.29) is 22.8 Å². The van der Waals surface area contributed by atoms with Gasteiger partial charge in [0.15, 0.2) is 5.78 Å². The first-order chi connectivity index (χ1) is 11.4. The number of non-ortho nitro benzene ring substituents is 1. The number of nitrogens with zero attached hydrogens (tertiary/aromatic N) is 2. The number of nitro benzene ring substituents is 1. The quantitative estimate of drug-likeness (QED) is 0.458. The molecule has 2 saturated heterocycles. The minimum absolute atomic E-state index is 0.0267. The zero-order valence-corrected chi connectivity index (χ0v) is 13.3. The van der Waals surface area contributed by atoms with E-state index in [4.69, 9.17) is 4.74 Å². The third-order valence-corrected chi connectivity index (χ3v) is 6.86. The molecule has 2 bridgehead atoms. The van der Waals surface area contributed by atoms with Gasteiger partial charge >= 0.3 is 0 Å². The molecular weight excluding hydrogens is 336 g/mol. The van der Waals surface area contributed by atoms with Crippen LogP contribution in [0.25, 0.3) is 0 Å². The highest BCUT2D eigenvalue weighted by Crippen LogP contribution is 2.47. The van der Waals surface area contributed by atoms with Gasteiger partial charge in [0.05, 0.1) is 21.4 Å². The van der Waals surface area contributed by atoms with Gasteiger partial charge in [0, 0.05) is 25.2 Å². The summed E-state index contributed by atoms with van der Waals surface area (Å²) in [6.45, 7) is 0.319. The summed E-state index contributed by atoms with van der Waals surface area (Å²) in [6, 6.07) is 4.25. The summed E-state index contributed by atoms with van der Waals surface area (Å²) in [5, 5.41) is 10.7. The Balaban J connectivity index is 1.77. The molecule has 4 rings (SSSR count). The van der Waals surface area contributed by atoms with Crippen LogP contribution < -0.4 is 0 Å². The molecule has 3 aliphatic heterocycles. The van der Waals surface area contributed by atoms with Crippen molar-refractivity contribution in [2.75, 3.05) is 6.61 Å². The van der Waals surface area contributed by atoms with Crippen LogP contribution in [0.4, 0.5) is 5.69 Å². The fourth-order valence-electron chi connectivity index (χ4n) is 3.84. The minimum atomic E-state index is -3.91. The maximum absolute atomic E-state index is 13.1. The van der Waals surface area contributed by atoms with E-state index in [2.05, 4.69) is 0 Å². The van der Waals surface area contributed by atoms with Crippen molar-refractivity contribution in [2.24, 2.45) is 0 Å². The van der Waals surface area contributed by atoms with Crippen molar-refractivity contribution >= 4 is 21.5 Å². The highest BCUT2D eigenvalue weighted by atomic mass is 32.2. The molecule has 1 aromatic rings. The number of ether oxygens (including phenoxy) is 1. The van der Waals surface area contributed by atoms with Crippen LogP contribution in [0, 0.1) is 10.1 Å². The minimum Gasteiger partial charge on any atom is -0.368 e. The first-order valence-corrected chi connectivity index (χ1v) is 8.93. The fourth-order valence-corrected chi connectivity index (χ4v) is 5.75. The van der Waals surface area contributed by atoms with E-state index in [0.29, 0.717) is 13.0 Å². The number of sulfonamides is 1. The van der Waals surface area contributed by atoms with Crippen LogP contribution in [0.3, 0.4) is 0 Å². The summed E-state index contributed by atoms with van der Waals surface area (Å²) in [7, 11) is -3.91. The van der Waals surface area contributed by atoms with Crippen molar-refractivity contribution in [3.8, 4) is 0 Å². The molecule has 126 valence electrons. The molecule has 0 aromatic heterocycles. The normalized spacial score (nSPS) is 32.1. The van der Waals surface area contributed by atoms with Crippen molar-refractivity contribution in [1.29, 1.82) is 0 Å². The summed E-state index contributed by atoms with van der Waals surface area (Å²) in [4.78, 5) is 22.3. The molecule has 0 aliphatic carbocycles. The van der Waals surface area contributed by atoms with E-state index < -0.39 is 32.6 Å². The smallest absolute Gasteiger partial charge is 0.269 e. The summed E-state index contributed by atoms with van der Waals surface area (Å²) in [5.74, 6) is -0.0855. The average Bonchev–Trinajstić information content (AvgIpc) is 3.10. The Labute approximate surface area is 137 Å². The fraction of sp³-hybridized carbons (Fsp3) is 0.400. The summed E-state index contributed by atoms with van der Waals surface area (Å²) in [5.41, 5.74) is -1.15. The predicted octanol–water partition coefficient (Wildman–Crippen LogP) is 1.02. The lowest BCUT2D eigenvalue weighted by molar-refractivity contribution is -0.384. The van der Waals surface area contributed by atoms with Gasteiger partial charge in [-0.2, -0.15) is 4.31 Å². The number of hydrogen-bond acceptors (Lipinski definition) is 6. The largest absolute Gasteiger partial charge is 0.368 e. The number of carbonyl (C=O) groups excluding carboxylic acids is 1. The second-order valence-corrected chi connectivity index (χ2v) is 7.96. The van der Waals surface area contributed by atoms with Crippen LogP contribution >= 0.6 is 0 Å². The topological polar surface area (TPSA) is 107 Å². The number of piperidine rings is 1. The molecule has 0 amide bonds. The van der Waals surface area contributed by atoms with Crippen LogP contribution in [0.2, 0.25) is 0 Å². The number of Topliss-reactive ketones (excluding diaryl/α,β-unsaturated/α-hetero) is 1. The number of ketones is 1. The summed E-state index contributed by atoms with van der Waals surface area (Å²) < 4.78 is 33.1. The van der Waals surface area contributed by atoms with Gasteiger partial charge < -0.3 is 4.74 Å². The monoisotopic (exact) mass is 350 g/mol. The first kappa shape index (κ1) is 15.4. The van der Waals surface area contributed by atoms with Crippen LogP contribution in [-0.2, 0) is 19.6 Å². The average molecular weight is 350 g/mol. The van der Waals surface area contributed by atoms with Gasteiger partial charge in [-0.3, -0.25) is 14.9 Å². The Hall–Kier alpha value is -2.10. The molecular formula is C15H14N2O6S. The zero-order valence-electron chi connectivity index (χ0n) is 12.5. The molecule has 0 radical (unpaired) electrons. The summed E-state index contributed by atoms with van der Waals surface area (Å²) in [6.07, 6.45) is 3.23. The molecule has 2 fully saturated rings. The van der Waals surface area contributed by atoms with Crippen LogP contribution in [0.1, 0.15) is 12.8 Å². The molecule has 1 aromatic carbocycles. The number of nitro groups is 1. The van der Waals surface area contributed by atoms with E-state index in [0.717, 1.165) is 12.1 Å². The Kier molecular flexibility index (Phi) is 3.18. The Morgan fingerprint density at radius 3 is 2.67 bits per heavy atom. The second kappa shape index (κ2) is 4.95. The Bertz CT molecular complexity index is 862. The lowest BCUT2D eigenvalue weighted by Gasteiger charge is -2.43. The lowest BCUT2D eigenvalue weighted by atomic mass is 9.86. The van der Waals surface area contributed by atoms with Crippen LogP contribution in [0.15, 0.2) is 41.3 Å². The highest BCUT2D eigenvalue weighted by molar-refractivity contribution is 7.89. The first-order valence-electron chi connectivity index (χ1n) is 7.49. The molecule has 0 saturated carbocycles. The van der Waals surface area contributed by atoms with Crippen molar-refractivity contribution in [3.63, 3.8) is 0 Å². The SMILES string of the molecule is O=C1C[C@H]2C=C[C@]3(CCO[C@@H]13)N2S(=O)(=O)c1ccc([N+](=O)[O-])cc1. The van der Waals surface area contributed by atoms with Gasteiger partial charge in [0.2, 0.25) is 10.0 Å². The Morgan fingerprint density at radius 2 is 2.00 bits per heavy atom. The zero-order chi connectivity index (χ0) is 17.1. The van der Waals surface area contributed by atoms with E-state index in [1.807, 2.05) is 0 Å². The van der Waals surface area contributed by atoms with Crippen LogP contribution in [-0.4, -0.2) is 47.7 Å². The number of hydrogen-bond donors (Lipinski definition) is 0.